The Bertz CT molecular complexity index is 1100. The smallest absolute Gasteiger partial charge is 0.340 e. The Labute approximate surface area is 159 Å². The number of benzene rings is 1. The summed E-state index contributed by atoms with van der Waals surface area (Å²) in [6.45, 7) is 1.81. The van der Waals surface area contributed by atoms with Crippen molar-refractivity contribution >= 4 is 28.2 Å². The molecule has 0 fully saturated rings. The van der Waals surface area contributed by atoms with Gasteiger partial charge < -0.3 is 13.9 Å². The normalized spacial score (nSPS) is 10.9. The summed E-state index contributed by atoms with van der Waals surface area (Å²) in [6, 6.07) is 11.1. The quantitative estimate of drug-likeness (QED) is 0.470. The first-order valence-corrected chi connectivity index (χ1v) is 9.13. The van der Waals surface area contributed by atoms with Gasteiger partial charge in [-0.3, -0.25) is 4.98 Å². The number of aromatic nitrogens is 2. The van der Waals surface area contributed by atoms with Gasteiger partial charge in [0.25, 0.3) is 0 Å². The molecule has 3 aromatic heterocycles. The van der Waals surface area contributed by atoms with Gasteiger partial charge in [-0.15, -0.1) is 11.3 Å². The number of hydrogen-bond donors (Lipinski definition) is 0. The van der Waals surface area contributed by atoms with Gasteiger partial charge in [-0.2, -0.15) is 0 Å². The van der Waals surface area contributed by atoms with Crippen LogP contribution in [0.5, 0.6) is 5.75 Å². The maximum absolute atomic E-state index is 12.5. The molecule has 0 unspecified atom stereocenters. The number of nitrogens with zero attached hydrogens (tertiary/aromatic N) is 2. The van der Waals surface area contributed by atoms with Crippen molar-refractivity contribution in [2.45, 2.75) is 13.5 Å². The molecule has 0 saturated heterocycles. The van der Waals surface area contributed by atoms with E-state index < -0.39 is 5.97 Å². The number of fused-ring (bicyclic) bond motifs is 1. The van der Waals surface area contributed by atoms with Crippen LogP contribution in [0.3, 0.4) is 0 Å². The fraction of sp³-hybridized carbons (Fsp3) is 0.150. The number of pyridine rings is 1. The molecule has 0 amide bonds. The van der Waals surface area contributed by atoms with Crippen molar-refractivity contribution in [1.82, 2.24) is 9.97 Å². The molecule has 0 radical (unpaired) electrons. The van der Waals surface area contributed by atoms with Crippen LogP contribution in [0.4, 0.5) is 0 Å². The highest BCUT2D eigenvalue weighted by Crippen LogP contribution is 2.25. The highest BCUT2D eigenvalue weighted by atomic mass is 32.1. The number of rotatable bonds is 5. The summed E-state index contributed by atoms with van der Waals surface area (Å²) in [5.41, 5.74) is 2.35. The van der Waals surface area contributed by atoms with Gasteiger partial charge in [-0.05, 0) is 36.6 Å². The lowest BCUT2D eigenvalue weighted by molar-refractivity contribution is 0.0466. The Kier molecular flexibility index (Phi) is 4.60. The van der Waals surface area contributed by atoms with Crippen LogP contribution >= 0.6 is 11.3 Å². The lowest BCUT2D eigenvalue weighted by Gasteiger charge is -2.08. The largest absolute Gasteiger partial charge is 0.497 e. The van der Waals surface area contributed by atoms with E-state index in [1.54, 1.807) is 20.1 Å². The molecular weight excluding hydrogens is 364 g/mol. The summed E-state index contributed by atoms with van der Waals surface area (Å²) in [5.74, 6) is 0.796. The van der Waals surface area contributed by atoms with E-state index in [-0.39, 0.29) is 6.61 Å². The molecule has 1 aromatic carbocycles. The topological polar surface area (TPSA) is 74.5 Å². The molecule has 0 aliphatic carbocycles. The highest BCUT2D eigenvalue weighted by Gasteiger charge is 2.15. The summed E-state index contributed by atoms with van der Waals surface area (Å²) in [4.78, 5) is 22.3. The minimum Gasteiger partial charge on any atom is -0.497 e. The van der Waals surface area contributed by atoms with E-state index in [2.05, 4.69) is 9.97 Å². The van der Waals surface area contributed by atoms with Gasteiger partial charge in [-0.1, -0.05) is 6.07 Å². The fourth-order valence-electron chi connectivity index (χ4n) is 2.68. The summed E-state index contributed by atoms with van der Waals surface area (Å²) < 4.78 is 16.0. The minimum absolute atomic E-state index is 0.0355. The number of hydrogen-bond acceptors (Lipinski definition) is 7. The number of oxazole rings is 1. The first-order valence-electron chi connectivity index (χ1n) is 8.25. The van der Waals surface area contributed by atoms with Crippen LogP contribution < -0.4 is 4.74 Å². The van der Waals surface area contributed by atoms with Gasteiger partial charge in [-0.25, -0.2) is 9.78 Å². The number of methoxy groups -OCH3 is 1. The van der Waals surface area contributed by atoms with Crippen molar-refractivity contribution < 1.29 is 18.7 Å². The van der Waals surface area contributed by atoms with Crippen LogP contribution in [-0.2, 0) is 11.3 Å². The Hall–Kier alpha value is -3.19. The molecule has 0 aliphatic heterocycles. The molecule has 0 atom stereocenters. The van der Waals surface area contributed by atoms with Crippen molar-refractivity contribution in [3.63, 3.8) is 0 Å². The van der Waals surface area contributed by atoms with E-state index in [1.807, 2.05) is 35.7 Å². The van der Waals surface area contributed by atoms with E-state index in [0.717, 1.165) is 21.5 Å². The van der Waals surface area contributed by atoms with E-state index >= 15 is 0 Å². The first kappa shape index (κ1) is 17.2. The van der Waals surface area contributed by atoms with Crippen LogP contribution in [0, 0.1) is 6.92 Å². The van der Waals surface area contributed by atoms with E-state index in [9.17, 15) is 4.79 Å². The molecule has 0 bridgehead atoms. The average molecular weight is 380 g/mol. The number of thiophene rings is 1. The molecule has 0 saturated carbocycles. The number of carbonyl (C=O) groups excluding carboxylic acids is 1. The van der Waals surface area contributed by atoms with Crippen molar-refractivity contribution in [2.24, 2.45) is 0 Å². The molecular formula is C20H16N2O4S. The molecule has 4 rings (SSSR count). The lowest BCUT2D eigenvalue weighted by atomic mass is 10.1. The van der Waals surface area contributed by atoms with Crippen molar-refractivity contribution in [3.05, 3.63) is 65.0 Å². The third-order valence-electron chi connectivity index (χ3n) is 4.07. The number of esters is 1. The Balaban J connectivity index is 1.50. The van der Waals surface area contributed by atoms with Crippen LogP contribution in [0.2, 0.25) is 0 Å². The van der Waals surface area contributed by atoms with Crippen LogP contribution in [0.25, 0.3) is 21.7 Å². The standard InChI is InChI=1S/C20H16N2O4S/c1-12-16(8-13-5-6-15(24-2)9-17(13)21-12)20(23)26-11-14-10-25-19(22-14)18-4-3-7-27-18/h3-10H,11H2,1-2H3. The minimum atomic E-state index is -0.446. The van der Waals surface area contributed by atoms with Crippen LogP contribution in [0.1, 0.15) is 21.7 Å². The van der Waals surface area contributed by atoms with E-state index in [4.69, 9.17) is 13.9 Å². The molecule has 27 heavy (non-hydrogen) atoms. The third-order valence-corrected chi connectivity index (χ3v) is 4.93. The Morgan fingerprint density at radius 2 is 2.11 bits per heavy atom. The summed E-state index contributed by atoms with van der Waals surface area (Å²) in [7, 11) is 1.60. The zero-order valence-corrected chi connectivity index (χ0v) is 15.6. The molecule has 0 aliphatic rings. The average Bonchev–Trinajstić information content (AvgIpc) is 3.36. The summed E-state index contributed by atoms with van der Waals surface area (Å²) in [5, 5.41) is 2.79. The van der Waals surface area contributed by atoms with Crippen LogP contribution in [-0.4, -0.2) is 23.0 Å². The van der Waals surface area contributed by atoms with E-state index in [1.165, 1.54) is 17.6 Å². The SMILES string of the molecule is COc1ccc2cc(C(=O)OCc3coc(-c4cccs4)n3)c(C)nc2c1. The van der Waals surface area contributed by atoms with Gasteiger partial charge >= 0.3 is 5.97 Å². The predicted molar refractivity (Wildman–Crippen MR) is 102 cm³/mol. The molecule has 0 spiro atoms. The molecule has 136 valence electrons. The number of carbonyl (C=O) groups is 1. The van der Waals surface area contributed by atoms with Crippen molar-refractivity contribution in [3.8, 4) is 16.5 Å². The zero-order valence-electron chi connectivity index (χ0n) is 14.8. The molecule has 6 nitrogen and oxygen atoms in total. The van der Waals surface area contributed by atoms with E-state index in [0.29, 0.717) is 22.8 Å². The van der Waals surface area contributed by atoms with Crippen LogP contribution in [0.15, 0.2) is 52.5 Å². The Morgan fingerprint density at radius 3 is 2.89 bits per heavy atom. The van der Waals surface area contributed by atoms with Crippen molar-refractivity contribution in [1.29, 1.82) is 0 Å². The summed E-state index contributed by atoms with van der Waals surface area (Å²) in [6.07, 6.45) is 1.50. The monoisotopic (exact) mass is 380 g/mol. The predicted octanol–water partition coefficient (Wildman–Crippen LogP) is 4.63. The number of aryl methyl sites for hydroxylation is 1. The van der Waals surface area contributed by atoms with Gasteiger partial charge in [0.05, 0.1) is 28.8 Å². The third kappa shape index (κ3) is 3.54. The highest BCUT2D eigenvalue weighted by molar-refractivity contribution is 7.13. The van der Waals surface area contributed by atoms with Gasteiger partial charge in [0.2, 0.25) is 5.89 Å². The number of ether oxygens (including phenoxy) is 2. The molecule has 4 aromatic rings. The second-order valence-electron chi connectivity index (χ2n) is 5.88. The molecule has 3 heterocycles. The zero-order chi connectivity index (χ0) is 18.8. The van der Waals surface area contributed by atoms with Gasteiger partial charge in [0, 0.05) is 11.5 Å². The summed E-state index contributed by atoms with van der Waals surface area (Å²) >= 11 is 1.54. The Morgan fingerprint density at radius 1 is 1.22 bits per heavy atom. The maximum atomic E-state index is 12.5. The molecule has 0 N–H and O–H groups in total. The van der Waals surface area contributed by atoms with Gasteiger partial charge in [0.15, 0.2) is 0 Å². The van der Waals surface area contributed by atoms with Crippen molar-refractivity contribution in [2.75, 3.05) is 7.11 Å². The fourth-order valence-corrected chi connectivity index (χ4v) is 3.34. The second-order valence-corrected chi connectivity index (χ2v) is 6.83. The second kappa shape index (κ2) is 7.20. The first-order chi connectivity index (χ1) is 13.1. The lowest BCUT2D eigenvalue weighted by Crippen LogP contribution is -2.08. The van der Waals surface area contributed by atoms with Gasteiger partial charge in [0.1, 0.15) is 24.3 Å². The maximum Gasteiger partial charge on any atom is 0.340 e. The molecule has 7 heteroatoms.